The number of aromatic nitrogens is 1. The maximum absolute atomic E-state index is 13.2. The number of sulfonamides is 1. The Morgan fingerprint density at radius 3 is 2.40 bits per heavy atom. The zero-order chi connectivity index (χ0) is 21.3. The molecule has 6 nitrogen and oxygen atoms in total. The van der Waals surface area contributed by atoms with Crippen molar-refractivity contribution in [3.05, 3.63) is 65.9 Å². The lowest BCUT2D eigenvalue weighted by atomic mass is 9.97. The van der Waals surface area contributed by atoms with Crippen LogP contribution in [0.3, 0.4) is 0 Å². The SMILES string of the molecule is Cc1cc(C)cc(NC(=O)C2CCN(S(=O)(=O)c3cccc4cccnc34)CC2)c1. The van der Waals surface area contributed by atoms with Gasteiger partial charge >= 0.3 is 0 Å². The summed E-state index contributed by atoms with van der Waals surface area (Å²) in [7, 11) is -3.67. The third-order valence-corrected chi connectivity index (χ3v) is 7.46. The number of nitrogens with zero attached hydrogens (tertiary/aromatic N) is 2. The van der Waals surface area contributed by atoms with Crippen molar-refractivity contribution >= 4 is 32.5 Å². The molecule has 1 amide bonds. The summed E-state index contributed by atoms with van der Waals surface area (Å²) in [5, 5.41) is 3.78. The minimum absolute atomic E-state index is 0.0520. The van der Waals surface area contributed by atoms with Gasteiger partial charge < -0.3 is 5.32 Å². The molecule has 1 N–H and O–H groups in total. The number of piperidine rings is 1. The third-order valence-electron chi connectivity index (χ3n) is 5.53. The molecule has 0 aliphatic carbocycles. The van der Waals surface area contributed by atoms with Gasteiger partial charge in [-0.2, -0.15) is 4.31 Å². The number of carbonyl (C=O) groups is 1. The van der Waals surface area contributed by atoms with Crippen LogP contribution in [0.15, 0.2) is 59.6 Å². The van der Waals surface area contributed by atoms with Gasteiger partial charge in [-0.1, -0.05) is 24.3 Å². The zero-order valence-corrected chi connectivity index (χ0v) is 17.9. The molecule has 3 aromatic rings. The van der Waals surface area contributed by atoms with Gasteiger partial charge in [-0.25, -0.2) is 8.42 Å². The third kappa shape index (κ3) is 4.08. The van der Waals surface area contributed by atoms with Crippen molar-refractivity contribution in [2.24, 2.45) is 5.92 Å². The quantitative estimate of drug-likeness (QED) is 0.690. The van der Waals surface area contributed by atoms with Crippen LogP contribution in [0.5, 0.6) is 0 Å². The summed E-state index contributed by atoms with van der Waals surface area (Å²) in [4.78, 5) is 17.2. The Kier molecular flexibility index (Phi) is 5.58. The highest BCUT2D eigenvalue weighted by atomic mass is 32.2. The first kappa shape index (κ1) is 20.5. The predicted octanol–water partition coefficient (Wildman–Crippen LogP) is 3.89. The Hall–Kier alpha value is -2.77. The van der Waals surface area contributed by atoms with Crippen LogP contribution in [0.25, 0.3) is 10.9 Å². The van der Waals surface area contributed by atoms with Gasteiger partial charge in [0, 0.05) is 36.3 Å². The lowest BCUT2D eigenvalue weighted by Crippen LogP contribution is -2.41. The Morgan fingerprint density at radius 2 is 1.70 bits per heavy atom. The lowest BCUT2D eigenvalue weighted by molar-refractivity contribution is -0.120. The number of hydrogen-bond donors (Lipinski definition) is 1. The van der Waals surface area contributed by atoms with E-state index in [0.29, 0.717) is 31.4 Å². The van der Waals surface area contributed by atoms with E-state index in [1.807, 2.05) is 38.1 Å². The van der Waals surface area contributed by atoms with Crippen LogP contribution in [-0.2, 0) is 14.8 Å². The van der Waals surface area contributed by atoms with E-state index < -0.39 is 10.0 Å². The van der Waals surface area contributed by atoms with Crippen molar-refractivity contribution in [3.8, 4) is 0 Å². The average molecular weight is 424 g/mol. The Balaban J connectivity index is 1.46. The molecule has 7 heteroatoms. The molecule has 0 bridgehead atoms. The summed E-state index contributed by atoms with van der Waals surface area (Å²) in [6.45, 7) is 4.62. The Bertz CT molecular complexity index is 1170. The maximum atomic E-state index is 13.2. The topological polar surface area (TPSA) is 79.4 Å². The summed E-state index contributed by atoms with van der Waals surface area (Å²) in [6, 6.07) is 14.8. The molecule has 2 heterocycles. The standard InChI is InChI=1S/C23H25N3O3S/c1-16-13-17(2)15-20(14-16)25-23(27)19-8-11-26(12-9-19)30(28,29)21-7-3-5-18-6-4-10-24-22(18)21/h3-7,10,13-15,19H,8-9,11-12H2,1-2H3,(H,25,27). The Morgan fingerprint density at radius 1 is 1.03 bits per heavy atom. The van der Waals surface area contributed by atoms with E-state index in [1.54, 1.807) is 24.4 Å². The molecule has 1 aliphatic rings. The number of hydrogen-bond acceptors (Lipinski definition) is 4. The van der Waals surface area contributed by atoms with Crippen LogP contribution >= 0.6 is 0 Å². The fraction of sp³-hybridized carbons (Fsp3) is 0.304. The van der Waals surface area contributed by atoms with E-state index in [2.05, 4.69) is 16.4 Å². The molecule has 1 aliphatic heterocycles. The largest absolute Gasteiger partial charge is 0.326 e. The van der Waals surface area contributed by atoms with Gasteiger partial charge in [-0.15, -0.1) is 0 Å². The van der Waals surface area contributed by atoms with E-state index >= 15 is 0 Å². The fourth-order valence-electron chi connectivity index (χ4n) is 4.07. The van der Waals surface area contributed by atoms with E-state index in [0.717, 1.165) is 22.2 Å². The van der Waals surface area contributed by atoms with Crippen LogP contribution in [-0.4, -0.2) is 36.7 Å². The minimum atomic E-state index is -3.67. The molecule has 0 unspecified atom stereocenters. The molecule has 4 rings (SSSR count). The molecule has 1 fully saturated rings. The molecular weight excluding hydrogens is 398 g/mol. The predicted molar refractivity (Wildman–Crippen MR) is 118 cm³/mol. The number of nitrogens with one attached hydrogen (secondary N) is 1. The number of anilines is 1. The lowest BCUT2D eigenvalue weighted by Gasteiger charge is -2.30. The van der Waals surface area contributed by atoms with Crippen LogP contribution in [0.1, 0.15) is 24.0 Å². The molecule has 156 valence electrons. The number of carbonyl (C=O) groups excluding carboxylic acids is 1. The molecule has 1 saturated heterocycles. The van der Waals surface area contributed by atoms with Crippen molar-refractivity contribution in [3.63, 3.8) is 0 Å². The van der Waals surface area contributed by atoms with Crippen LogP contribution < -0.4 is 5.32 Å². The normalized spacial score (nSPS) is 15.9. The smallest absolute Gasteiger partial charge is 0.245 e. The molecular formula is C23H25N3O3S. The fourth-order valence-corrected chi connectivity index (χ4v) is 5.71. The number of amides is 1. The van der Waals surface area contributed by atoms with E-state index in [4.69, 9.17) is 0 Å². The molecule has 0 saturated carbocycles. The van der Waals surface area contributed by atoms with Crippen molar-refractivity contribution in [1.82, 2.24) is 9.29 Å². The first-order valence-corrected chi connectivity index (χ1v) is 11.5. The number of aryl methyl sites for hydroxylation is 2. The molecule has 2 aromatic carbocycles. The molecule has 30 heavy (non-hydrogen) atoms. The van der Waals surface area contributed by atoms with Gasteiger partial charge in [-0.05, 0) is 62.1 Å². The van der Waals surface area contributed by atoms with Gasteiger partial charge in [0.15, 0.2) is 0 Å². The van der Waals surface area contributed by atoms with Crippen LogP contribution in [0.2, 0.25) is 0 Å². The highest BCUT2D eigenvalue weighted by Gasteiger charge is 2.33. The second-order valence-corrected chi connectivity index (χ2v) is 9.78. The summed E-state index contributed by atoms with van der Waals surface area (Å²) in [5.41, 5.74) is 3.45. The van der Waals surface area contributed by atoms with Gasteiger partial charge in [0.1, 0.15) is 4.90 Å². The number of rotatable bonds is 4. The first-order valence-electron chi connectivity index (χ1n) is 10.1. The zero-order valence-electron chi connectivity index (χ0n) is 17.1. The van der Waals surface area contributed by atoms with Crippen molar-refractivity contribution in [2.75, 3.05) is 18.4 Å². The van der Waals surface area contributed by atoms with Crippen molar-refractivity contribution in [2.45, 2.75) is 31.6 Å². The molecule has 1 aromatic heterocycles. The maximum Gasteiger partial charge on any atom is 0.245 e. The molecule has 0 radical (unpaired) electrons. The second-order valence-electron chi connectivity index (χ2n) is 7.88. The summed E-state index contributed by atoms with van der Waals surface area (Å²) in [6.07, 6.45) is 2.59. The minimum Gasteiger partial charge on any atom is -0.326 e. The molecule has 0 atom stereocenters. The first-order chi connectivity index (χ1) is 14.3. The van der Waals surface area contributed by atoms with Gasteiger partial charge in [-0.3, -0.25) is 9.78 Å². The second kappa shape index (κ2) is 8.16. The van der Waals surface area contributed by atoms with E-state index in [9.17, 15) is 13.2 Å². The van der Waals surface area contributed by atoms with Crippen molar-refractivity contribution in [1.29, 1.82) is 0 Å². The van der Waals surface area contributed by atoms with Crippen molar-refractivity contribution < 1.29 is 13.2 Å². The van der Waals surface area contributed by atoms with Gasteiger partial charge in [0.2, 0.25) is 15.9 Å². The number of benzene rings is 2. The molecule has 0 spiro atoms. The summed E-state index contributed by atoms with van der Waals surface area (Å²) < 4.78 is 27.9. The summed E-state index contributed by atoms with van der Waals surface area (Å²) in [5.74, 6) is -0.258. The highest BCUT2D eigenvalue weighted by Crippen LogP contribution is 2.28. The average Bonchev–Trinajstić information content (AvgIpc) is 2.72. The highest BCUT2D eigenvalue weighted by molar-refractivity contribution is 7.89. The van der Waals surface area contributed by atoms with E-state index in [-0.39, 0.29) is 16.7 Å². The Labute approximate surface area is 177 Å². The summed E-state index contributed by atoms with van der Waals surface area (Å²) >= 11 is 0. The number of para-hydroxylation sites is 1. The van der Waals surface area contributed by atoms with Crippen LogP contribution in [0, 0.1) is 19.8 Å². The van der Waals surface area contributed by atoms with E-state index in [1.165, 1.54) is 4.31 Å². The number of pyridine rings is 1. The van der Waals surface area contributed by atoms with Crippen LogP contribution in [0.4, 0.5) is 5.69 Å². The van der Waals surface area contributed by atoms with Gasteiger partial charge in [0.25, 0.3) is 0 Å². The monoisotopic (exact) mass is 423 g/mol. The van der Waals surface area contributed by atoms with Gasteiger partial charge in [0.05, 0.1) is 5.52 Å². The number of fused-ring (bicyclic) bond motifs is 1.